The monoisotopic (exact) mass is 363 g/mol. The van der Waals surface area contributed by atoms with Crippen LogP contribution in [-0.2, 0) is 4.79 Å². The molecule has 140 valence electrons. The Morgan fingerprint density at radius 3 is 2.44 bits per heavy atom. The van der Waals surface area contributed by atoms with Crippen molar-refractivity contribution in [1.29, 1.82) is 0 Å². The zero-order chi connectivity index (χ0) is 19.2. The van der Waals surface area contributed by atoms with Gasteiger partial charge in [0.05, 0.1) is 13.2 Å². The third-order valence-electron chi connectivity index (χ3n) is 4.63. The number of hydrogen-bond acceptors (Lipinski definition) is 3. The average Bonchev–Trinajstić information content (AvgIpc) is 2.71. The second kappa shape index (κ2) is 8.58. The molecule has 0 bridgehead atoms. The number of fused-ring (bicyclic) bond motifs is 1. The van der Waals surface area contributed by atoms with Crippen LogP contribution in [0.25, 0.3) is 10.8 Å². The summed E-state index contributed by atoms with van der Waals surface area (Å²) in [4.78, 5) is 12.7. The Morgan fingerprint density at radius 1 is 1.00 bits per heavy atom. The highest BCUT2D eigenvalue weighted by atomic mass is 16.5. The molecule has 27 heavy (non-hydrogen) atoms. The number of para-hydroxylation sites is 1. The summed E-state index contributed by atoms with van der Waals surface area (Å²) in [6.07, 6.45) is 0.0282. The van der Waals surface area contributed by atoms with Gasteiger partial charge in [-0.15, -0.1) is 0 Å². The van der Waals surface area contributed by atoms with Crippen LogP contribution < -0.4 is 14.8 Å². The second-order valence-electron chi connectivity index (χ2n) is 6.50. The van der Waals surface area contributed by atoms with Crippen LogP contribution in [0.4, 0.5) is 0 Å². The first-order valence-corrected chi connectivity index (χ1v) is 9.21. The number of rotatable bonds is 7. The van der Waals surface area contributed by atoms with Crippen LogP contribution in [0.5, 0.6) is 11.5 Å². The predicted molar refractivity (Wildman–Crippen MR) is 108 cm³/mol. The summed E-state index contributed by atoms with van der Waals surface area (Å²) < 4.78 is 11.4. The molecule has 0 saturated heterocycles. The van der Waals surface area contributed by atoms with E-state index < -0.39 is 6.10 Å². The van der Waals surface area contributed by atoms with E-state index in [1.165, 1.54) is 0 Å². The van der Waals surface area contributed by atoms with E-state index in [0.717, 1.165) is 22.1 Å². The van der Waals surface area contributed by atoms with Crippen LogP contribution in [-0.4, -0.2) is 19.1 Å². The van der Waals surface area contributed by atoms with Crippen LogP contribution >= 0.6 is 0 Å². The van der Waals surface area contributed by atoms with Gasteiger partial charge < -0.3 is 14.8 Å². The molecule has 0 heterocycles. The summed E-state index contributed by atoms with van der Waals surface area (Å²) in [6, 6.07) is 21.5. The van der Waals surface area contributed by atoms with E-state index in [1.807, 2.05) is 74.5 Å². The van der Waals surface area contributed by atoms with Crippen molar-refractivity contribution in [2.75, 3.05) is 7.11 Å². The van der Waals surface area contributed by atoms with E-state index in [1.54, 1.807) is 7.11 Å². The lowest BCUT2D eigenvalue weighted by molar-refractivity contribution is -0.128. The van der Waals surface area contributed by atoms with Gasteiger partial charge in [0.15, 0.2) is 6.10 Å². The van der Waals surface area contributed by atoms with E-state index in [2.05, 4.69) is 11.4 Å². The fraction of sp³-hybridized carbons (Fsp3) is 0.261. The van der Waals surface area contributed by atoms with Crippen molar-refractivity contribution in [3.8, 4) is 11.5 Å². The molecule has 0 aliphatic carbocycles. The smallest absolute Gasteiger partial charge is 0.261 e. The normalized spacial score (nSPS) is 13.0. The lowest BCUT2D eigenvalue weighted by atomic mass is 10.1. The molecule has 2 atom stereocenters. The molecule has 0 aliphatic heterocycles. The summed E-state index contributed by atoms with van der Waals surface area (Å²) >= 11 is 0. The number of methoxy groups -OCH3 is 1. The zero-order valence-electron chi connectivity index (χ0n) is 15.9. The van der Waals surface area contributed by atoms with Crippen molar-refractivity contribution < 1.29 is 14.3 Å². The van der Waals surface area contributed by atoms with Gasteiger partial charge in [0.1, 0.15) is 11.5 Å². The highest BCUT2D eigenvalue weighted by Gasteiger charge is 2.22. The molecule has 0 aromatic heterocycles. The minimum atomic E-state index is -0.552. The molecule has 0 saturated carbocycles. The minimum absolute atomic E-state index is 0.135. The molecular formula is C23H25NO3. The second-order valence-corrected chi connectivity index (χ2v) is 6.50. The Hall–Kier alpha value is -3.01. The fourth-order valence-electron chi connectivity index (χ4n) is 3.14. The first-order valence-electron chi connectivity index (χ1n) is 9.21. The third-order valence-corrected chi connectivity index (χ3v) is 4.63. The highest BCUT2D eigenvalue weighted by molar-refractivity contribution is 5.84. The van der Waals surface area contributed by atoms with E-state index >= 15 is 0 Å². The molecule has 3 rings (SSSR count). The summed E-state index contributed by atoms with van der Waals surface area (Å²) in [5, 5.41) is 5.27. The van der Waals surface area contributed by atoms with Gasteiger partial charge >= 0.3 is 0 Å². The largest absolute Gasteiger partial charge is 0.496 e. The Labute approximate surface area is 160 Å². The molecule has 1 N–H and O–H groups in total. The van der Waals surface area contributed by atoms with Gasteiger partial charge in [-0.1, -0.05) is 55.5 Å². The molecule has 3 aromatic carbocycles. The number of hydrogen-bond donors (Lipinski definition) is 1. The summed E-state index contributed by atoms with van der Waals surface area (Å²) in [5.41, 5.74) is 0.939. The molecule has 0 radical (unpaired) electrons. The van der Waals surface area contributed by atoms with Crippen molar-refractivity contribution >= 4 is 16.7 Å². The van der Waals surface area contributed by atoms with Crippen LogP contribution in [0.2, 0.25) is 0 Å². The van der Waals surface area contributed by atoms with Gasteiger partial charge in [-0.3, -0.25) is 4.79 Å². The van der Waals surface area contributed by atoms with E-state index in [9.17, 15) is 4.79 Å². The van der Waals surface area contributed by atoms with Crippen LogP contribution in [0.15, 0.2) is 66.7 Å². The first-order chi connectivity index (χ1) is 13.1. The number of benzene rings is 3. The van der Waals surface area contributed by atoms with Crippen LogP contribution in [0.1, 0.15) is 31.9 Å². The standard InChI is InChI=1S/C23H25NO3/c1-4-21(27-19-14-13-17-9-5-6-10-18(17)15-19)23(25)24-16(2)20-11-7-8-12-22(20)26-3/h5-16,21H,4H2,1-3H3,(H,24,25)/t16-,21+/m1/s1. The lowest BCUT2D eigenvalue weighted by Gasteiger charge is -2.22. The van der Waals surface area contributed by atoms with E-state index in [0.29, 0.717) is 12.2 Å². The topological polar surface area (TPSA) is 47.6 Å². The molecule has 0 aliphatic rings. The molecular weight excluding hydrogens is 338 g/mol. The van der Waals surface area contributed by atoms with Crippen molar-refractivity contribution in [1.82, 2.24) is 5.32 Å². The minimum Gasteiger partial charge on any atom is -0.496 e. The molecule has 0 fully saturated rings. The SMILES string of the molecule is CC[C@H](Oc1ccc2ccccc2c1)C(=O)N[C@H](C)c1ccccc1OC. The molecule has 1 amide bonds. The number of carbonyl (C=O) groups is 1. The average molecular weight is 363 g/mol. The predicted octanol–water partition coefficient (Wildman–Crippen LogP) is 4.88. The van der Waals surface area contributed by atoms with Crippen LogP contribution in [0.3, 0.4) is 0 Å². The summed E-state index contributed by atoms with van der Waals surface area (Å²) in [6.45, 7) is 3.89. The zero-order valence-corrected chi connectivity index (χ0v) is 15.9. The van der Waals surface area contributed by atoms with Crippen molar-refractivity contribution in [3.05, 3.63) is 72.3 Å². The highest BCUT2D eigenvalue weighted by Crippen LogP contribution is 2.25. The molecule has 4 nitrogen and oxygen atoms in total. The number of ether oxygens (including phenoxy) is 2. The molecule has 4 heteroatoms. The van der Waals surface area contributed by atoms with E-state index in [4.69, 9.17) is 9.47 Å². The van der Waals surface area contributed by atoms with Crippen LogP contribution in [0, 0.1) is 0 Å². The van der Waals surface area contributed by atoms with Gasteiger partial charge in [0.25, 0.3) is 5.91 Å². The number of nitrogens with one attached hydrogen (secondary N) is 1. The summed E-state index contributed by atoms with van der Waals surface area (Å²) in [5.74, 6) is 1.32. The van der Waals surface area contributed by atoms with Crippen molar-refractivity contribution in [2.24, 2.45) is 0 Å². The molecule has 0 spiro atoms. The Morgan fingerprint density at radius 2 is 1.70 bits per heavy atom. The maximum absolute atomic E-state index is 12.7. The van der Waals surface area contributed by atoms with E-state index in [-0.39, 0.29) is 11.9 Å². The number of amides is 1. The van der Waals surface area contributed by atoms with Gasteiger partial charge in [0, 0.05) is 5.56 Å². The van der Waals surface area contributed by atoms with Crippen molar-refractivity contribution in [3.63, 3.8) is 0 Å². The Balaban J connectivity index is 1.71. The molecule has 3 aromatic rings. The Bertz CT molecular complexity index is 922. The first kappa shape index (κ1) is 18.8. The third kappa shape index (κ3) is 4.40. The fourth-order valence-corrected chi connectivity index (χ4v) is 3.14. The maximum Gasteiger partial charge on any atom is 0.261 e. The van der Waals surface area contributed by atoms with Gasteiger partial charge in [0.2, 0.25) is 0 Å². The van der Waals surface area contributed by atoms with Gasteiger partial charge in [-0.2, -0.15) is 0 Å². The maximum atomic E-state index is 12.7. The lowest BCUT2D eigenvalue weighted by Crippen LogP contribution is -2.39. The van der Waals surface area contributed by atoms with Crippen molar-refractivity contribution in [2.45, 2.75) is 32.4 Å². The van der Waals surface area contributed by atoms with Gasteiger partial charge in [-0.25, -0.2) is 0 Å². The van der Waals surface area contributed by atoms with Gasteiger partial charge in [-0.05, 0) is 42.3 Å². The summed E-state index contributed by atoms with van der Waals surface area (Å²) in [7, 11) is 1.63. The number of carbonyl (C=O) groups excluding carboxylic acids is 1. The Kier molecular flexibility index (Phi) is 5.97. The molecule has 0 unspecified atom stereocenters. The quantitative estimate of drug-likeness (QED) is 0.650.